The van der Waals surface area contributed by atoms with E-state index in [1.165, 1.54) is 6.07 Å². The average molecular weight is 295 g/mol. The zero-order chi connectivity index (χ0) is 15.2. The molecule has 1 aromatic carbocycles. The predicted molar refractivity (Wildman–Crippen MR) is 77.2 cm³/mol. The minimum atomic E-state index is -0.357. The fourth-order valence-electron chi connectivity index (χ4n) is 2.65. The van der Waals surface area contributed by atoms with Crippen LogP contribution < -0.4 is 0 Å². The lowest BCUT2D eigenvalue weighted by atomic mass is 10.1. The number of para-hydroxylation sites is 1. The molecule has 1 heterocycles. The van der Waals surface area contributed by atoms with Crippen molar-refractivity contribution in [3.8, 4) is 0 Å². The summed E-state index contributed by atoms with van der Waals surface area (Å²) in [6.45, 7) is 2.42. The van der Waals surface area contributed by atoms with Crippen molar-refractivity contribution in [1.82, 2.24) is 0 Å². The first-order valence-electron chi connectivity index (χ1n) is 7.22. The van der Waals surface area contributed by atoms with Gasteiger partial charge in [0.15, 0.2) is 0 Å². The maximum Gasteiger partial charge on any atom is 0.272 e. The maximum atomic E-state index is 10.9. The second-order valence-electron chi connectivity index (χ2n) is 5.30. The summed E-state index contributed by atoms with van der Waals surface area (Å²) in [6, 6.07) is 6.76. The van der Waals surface area contributed by atoms with Crippen molar-refractivity contribution in [2.24, 2.45) is 0 Å². The highest BCUT2D eigenvalue weighted by atomic mass is 16.6. The van der Waals surface area contributed by atoms with Gasteiger partial charge in [-0.2, -0.15) is 0 Å². The third-order valence-electron chi connectivity index (χ3n) is 3.68. The Balaban J connectivity index is 1.79. The molecular weight excluding hydrogens is 274 g/mol. The van der Waals surface area contributed by atoms with E-state index in [1.807, 2.05) is 6.92 Å². The van der Waals surface area contributed by atoms with E-state index in [-0.39, 0.29) is 35.5 Å². The zero-order valence-electron chi connectivity index (χ0n) is 12.1. The molecule has 1 N–H and O–H groups in total. The van der Waals surface area contributed by atoms with Crippen LogP contribution in [0, 0.1) is 10.1 Å². The number of nitrogens with zero attached hydrogens (tertiary/aromatic N) is 1. The number of hydrogen-bond donors (Lipinski definition) is 1. The zero-order valence-corrected chi connectivity index (χ0v) is 12.1. The molecule has 3 atom stereocenters. The van der Waals surface area contributed by atoms with Crippen LogP contribution in [0.5, 0.6) is 0 Å². The number of aliphatic hydroxyl groups is 1. The number of nitro groups is 1. The van der Waals surface area contributed by atoms with Crippen LogP contribution in [-0.2, 0) is 15.9 Å². The van der Waals surface area contributed by atoms with Gasteiger partial charge < -0.3 is 14.6 Å². The molecule has 0 radical (unpaired) electrons. The molecular formula is C15H21NO5. The van der Waals surface area contributed by atoms with Crippen LogP contribution in [0.15, 0.2) is 24.3 Å². The number of rotatable bonds is 7. The van der Waals surface area contributed by atoms with Crippen molar-refractivity contribution >= 4 is 5.69 Å². The summed E-state index contributed by atoms with van der Waals surface area (Å²) in [7, 11) is 0. The minimum absolute atomic E-state index is 0.0425. The Morgan fingerprint density at radius 3 is 2.95 bits per heavy atom. The lowest BCUT2D eigenvalue weighted by molar-refractivity contribution is -0.385. The first kappa shape index (κ1) is 15.9. The van der Waals surface area contributed by atoms with Crippen molar-refractivity contribution in [2.75, 3.05) is 13.2 Å². The lowest BCUT2D eigenvalue weighted by Crippen LogP contribution is -2.28. The Labute approximate surface area is 123 Å². The van der Waals surface area contributed by atoms with Crippen molar-refractivity contribution in [1.29, 1.82) is 0 Å². The molecule has 1 aliphatic rings. The van der Waals surface area contributed by atoms with Gasteiger partial charge in [-0.25, -0.2) is 0 Å². The van der Waals surface area contributed by atoms with E-state index in [1.54, 1.807) is 18.2 Å². The highest BCUT2D eigenvalue weighted by Crippen LogP contribution is 2.23. The Kier molecular flexibility index (Phi) is 5.67. The molecule has 1 aliphatic heterocycles. The van der Waals surface area contributed by atoms with E-state index in [4.69, 9.17) is 9.47 Å². The van der Waals surface area contributed by atoms with Gasteiger partial charge in [-0.15, -0.1) is 0 Å². The number of hydrogen-bond acceptors (Lipinski definition) is 5. The summed E-state index contributed by atoms with van der Waals surface area (Å²) in [4.78, 5) is 10.6. The summed E-state index contributed by atoms with van der Waals surface area (Å²) in [5.74, 6) is 0. The monoisotopic (exact) mass is 295 g/mol. The number of benzene rings is 1. The van der Waals surface area contributed by atoms with Crippen LogP contribution in [0.25, 0.3) is 0 Å². The smallest absolute Gasteiger partial charge is 0.272 e. The highest BCUT2D eigenvalue weighted by molar-refractivity contribution is 5.39. The fraction of sp³-hybridized carbons (Fsp3) is 0.600. The van der Waals surface area contributed by atoms with E-state index in [9.17, 15) is 15.2 Å². The van der Waals surface area contributed by atoms with E-state index >= 15 is 0 Å². The van der Waals surface area contributed by atoms with Gasteiger partial charge in [-0.05, 0) is 19.8 Å². The summed E-state index contributed by atoms with van der Waals surface area (Å²) < 4.78 is 11.3. The second-order valence-corrected chi connectivity index (χ2v) is 5.30. The third kappa shape index (κ3) is 4.23. The van der Waals surface area contributed by atoms with Gasteiger partial charge in [0.2, 0.25) is 0 Å². The van der Waals surface area contributed by atoms with Gasteiger partial charge >= 0.3 is 0 Å². The topological polar surface area (TPSA) is 81.8 Å². The predicted octanol–water partition coefficient (Wildman–Crippen LogP) is 2.08. The SMILES string of the molecule is C[C@H]1CC(OCCCc2ccccc2[N+](=O)[O-])[C@@H](CO)O1. The number of ether oxygens (including phenoxy) is 2. The van der Waals surface area contributed by atoms with Crippen LogP contribution in [0.2, 0.25) is 0 Å². The highest BCUT2D eigenvalue weighted by Gasteiger charge is 2.32. The molecule has 1 saturated heterocycles. The average Bonchev–Trinajstić information content (AvgIpc) is 2.84. The molecule has 1 aromatic rings. The normalized spacial score (nSPS) is 25.1. The molecule has 2 rings (SSSR count). The van der Waals surface area contributed by atoms with Crippen LogP contribution in [0.1, 0.15) is 25.3 Å². The molecule has 0 bridgehead atoms. The van der Waals surface area contributed by atoms with Crippen LogP contribution in [0.3, 0.4) is 0 Å². The summed E-state index contributed by atoms with van der Waals surface area (Å²) >= 11 is 0. The van der Waals surface area contributed by atoms with Gasteiger partial charge in [0.25, 0.3) is 5.69 Å². The van der Waals surface area contributed by atoms with Gasteiger partial charge in [0.05, 0.1) is 23.7 Å². The first-order valence-corrected chi connectivity index (χ1v) is 7.22. The van der Waals surface area contributed by atoms with E-state index in [0.29, 0.717) is 19.4 Å². The summed E-state index contributed by atoms with van der Waals surface area (Å²) in [6.07, 6.45) is 1.83. The van der Waals surface area contributed by atoms with Crippen molar-refractivity contribution < 1.29 is 19.5 Å². The quantitative estimate of drug-likeness (QED) is 0.473. The maximum absolute atomic E-state index is 10.9. The Hall–Kier alpha value is -1.50. The molecule has 6 nitrogen and oxygen atoms in total. The van der Waals surface area contributed by atoms with E-state index in [2.05, 4.69) is 0 Å². The lowest BCUT2D eigenvalue weighted by Gasteiger charge is -2.16. The van der Waals surface area contributed by atoms with Crippen molar-refractivity contribution in [3.05, 3.63) is 39.9 Å². The Morgan fingerprint density at radius 2 is 2.24 bits per heavy atom. The van der Waals surface area contributed by atoms with Crippen LogP contribution in [0.4, 0.5) is 5.69 Å². The standard InChI is InChI=1S/C15H21NO5/c1-11-9-14(15(10-17)21-11)20-8-4-6-12-5-2-3-7-13(12)16(18)19/h2-3,5,7,11,14-15,17H,4,6,8-10H2,1H3/t11-,14?,15+/m0/s1. The molecule has 1 fully saturated rings. The van der Waals surface area contributed by atoms with Gasteiger partial charge in [0.1, 0.15) is 6.10 Å². The van der Waals surface area contributed by atoms with Crippen LogP contribution in [-0.4, -0.2) is 41.6 Å². The molecule has 0 aliphatic carbocycles. The second kappa shape index (κ2) is 7.49. The van der Waals surface area contributed by atoms with Gasteiger partial charge in [0, 0.05) is 24.7 Å². The Morgan fingerprint density at radius 1 is 1.48 bits per heavy atom. The molecule has 1 unspecified atom stereocenters. The number of aliphatic hydroxyl groups excluding tert-OH is 1. The first-order chi connectivity index (χ1) is 10.1. The van der Waals surface area contributed by atoms with Crippen LogP contribution >= 0.6 is 0 Å². The summed E-state index contributed by atoms with van der Waals surface area (Å²) in [5.41, 5.74) is 0.879. The molecule has 0 spiro atoms. The fourth-order valence-corrected chi connectivity index (χ4v) is 2.65. The van der Waals surface area contributed by atoms with E-state index in [0.717, 1.165) is 12.0 Å². The minimum Gasteiger partial charge on any atom is -0.394 e. The molecule has 0 amide bonds. The van der Waals surface area contributed by atoms with Gasteiger partial charge in [-0.1, -0.05) is 18.2 Å². The molecule has 6 heteroatoms. The van der Waals surface area contributed by atoms with Gasteiger partial charge in [-0.3, -0.25) is 10.1 Å². The van der Waals surface area contributed by atoms with Crippen molar-refractivity contribution in [2.45, 2.75) is 44.5 Å². The molecule has 116 valence electrons. The number of aryl methyl sites for hydroxylation is 1. The molecule has 0 saturated carbocycles. The van der Waals surface area contributed by atoms with E-state index < -0.39 is 0 Å². The molecule has 21 heavy (non-hydrogen) atoms. The van der Waals surface area contributed by atoms with Crippen molar-refractivity contribution in [3.63, 3.8) is 0 Å². The summed E-state index contributed by atoms with van der Waals surface area (Å²) in [5, 5.41) is 20.1. The largest absolute Gasteiger partial charge is 0.394 e. The third-order valence-corrected chi connectivity index (χ3v) is 3.68. The number of nitro benzene ring substituents is 1. The Bertz CT molecular complexity index is 479. The molecule has 0 aromatic heterocycles.